The van der Waals surface area contributed by atoms with Gasteiger partial charge in [-0.25, -0.2) is 9.97 Å². The zero-order valence-electron chi connectivity index (χ0n) is 16.0. The smallest absolute Gasteiger partial charge is 0.257 e. The van der Waals surface area contributed by atoms with Crippen molar-refractivity contribution < 1.29 is 4.74 Å². The molecule has 4 heterocycles. The van der Waals surface area contributed by atoms with E-state index >= 15 is 0 Å². The van der Waals surface area contributed by atoms with Gasteiger partial charge in [-0.2, -0.15) is 0 Å². The molecule has 1 aliphatic heterocycles. The van der Waals surface area contributed by atoms with Gasteiger partial charge in [-0.05, 0) is 39.2 Å². The lowest BCUT2D eigenvalue weighted by Gasteiger charge is -2.19. The molecule has 0 spiro atoms. The first-order valence-corrected chi connectivity index (χ1v) is 9.71. The number of aromatic nitrogens is 4. The van der Waals surface area contributed by atoms with E-state index in [0.29, 0.717) is 5.92 Å². The van der Waals surface area contributed by atoms with Crippen molar-refractivity contribution in [3.8, 4) is 5.75 Å². The minimum absolute atomic E-state index is 0.174. The second-order valence-corrected chi connectivity index (χ2v) is 7.77. The first kappa shape index (κ1) is 16.5. The normalized spacial score (nSPS) is 21.3. The topological polar surface area (TPSA) is 61.4 Å². The van der Waals surface area contributed by atoms with Gasteiger partial charge in [-0.3, -0.25) is 9.36 Å². The Bertz CT molecular complexity index is 1110. The molecule has 1 aliphatic carbocycles. The Kier molecular flexibility index (Phi) is 3.64. The maximum absolute atomic E-state index is 13.1. The number of fused-ring (bicyclic) bond motifs is 2. The van der Waals surface area contributed by atoms with Crippen LogP contribution < -0.4 is 10.3 Å². The fourth-order valence-electron chi connectivity index (χ4n) is 4.59. The highest BCUT2D eigenvalue weighted by molar-refractivity contribution is 5.50. The third kappa shape index (κ3) is 2.50. The third-order valence-electron chi connectivity index (χ3n) is 6.13. The van der Waals surface area contributed by atoms with Gasteiger partial charge in [0.25, 0.3) is 5.56 Å². The molecule has 140 valence electrons. The lowest BCUT2D eigenvalue weighted by Crippen LogP contribution is -2.31. The van der Waals surface area contributed by atoms with Crippen LogP contribution in [0.5, 0.6) is 5.75 Å². The van der Waals surface area contributed by atoms with Crippen molar-refractivity contribution in [2.24, 2.45) is 0 Å². The van der Waals surface area contributed by atoms with Crippen molar-refractivity contribution in [1.29, 1.82) is 0 Å². The van der Waals surface area contributed by atoms with E-state index in [1.807, 2.05) is 29.8 Å². The zero-order valence-corrected chi connectivity index (χ0v) is 16.0. The summed E-state index contributed by atoms with van der Waals surface area (Å²) in [7, 11) is 1.67. The summed E-state index contributed by atoms with van der Waals surface area (Å²) in [6, 6.07) is 3.90. The fraction of sp³-hybridized carbons (Fsp3) is 0.476. The van der Waals surface area contributed by atoms with Crippen molar-refractivity contribution in [2.45, 2.75) is 57.9 Å². The highest BCUT2D eigenvalue weighted by Gasteiger charge is 2.45. The van der Waals surface area contributed by atoms with E-state index in [4.69, 9.17) is 14.7 Å². The average molecular weight is 364 g/mol. The molecule has 6 nitrogen and oxygen atoms in total. The summed E-state index contributed by atoms with van der Waals surface area (Å²) < 4.78 is 9.32. The molecule has 1 unspecified atom stereocenters. The number of nitrogens with zero attached hydrogens (tertiary/aromatic N) is 4. The van der Waals surface area contributed by atoms with Gasteiger partial charge >= 0.3 is 0 Å². The second-order valence-electron chi connectivity index (χ2n) is 7.77. The monoisotopic (exact) mass is 364 g/mol. The summed E-state index contributed by atoms with van der Waals surface area (Å²) in [5, 5.41) is 0. The van der Waals surface area contributed by atoms with Crippen LogP contribution in [-0.4, -0.2) is 26.0 Å². The number of hydrogen-bond acceptors (Lipinski definition) is 4. The Morgan fingerprint density at radius 2 is 2.04 bits per heavy atom. The molecule has 0 amide bonds. The molecule has 0 saturated heterocycles. The SMILES string of the molecule is COc1ccn2c(C)c(C3C[C@@H]3c3c(C)nc4n(c3=O)CCCC4)nc2c1. The van der Waals surface area contributed by atoms with Gasteiger partial charge in [-0.1, -0.05) is 0 Å². The average Bonchev–Trinajstić information content (AvgIpc) is 3.38. The van der Waals surface area contributed by atoms with Crippen LogP contribution in [0, 0.1) is 13.8 Å². The largest absolute Gasteiger partial charge is 0.497 e. The van der Waals surface area contributed by atoms with E-state index in [0.717, 1.165) is 72.1 Å². The molecule has 0 radical (unpaired) electrons. The Balaban J connectivity index is 1.54. The minimum Gasteiger partial charge on any atom is -0.497 e. The Labute approximate surface area is 157 Å². The predicted molar refractivity (Wildman–Crippen MR) is 103 cm³/mol. The molecule has 27 heavy (non-hydrogen) atoms. The molecule has 3 aromatic heterocycles. The van der Waals surface area contributed by atoms with Gasteiger partial charge in [0.05, 0.1) is 12.8 Å². The number of methoxy groups -OCH3 is 1. The molecule has 6 heteroatoms. The molecule has 1 fully saturated rings. The Morgan fingerprint density at radius 3 is 2.85 bits per heavy atom. The van der Waals surface area contributed by atoms with Crippen LogP contribution in [0.4, 0.5) is 0 Å². The Hall–Kier alpha value is -2.63. The number of pyridine rings is 1. The van der Waals surface area contributed by atoms with E-state index in [-0.39, 0.29) is 11.5 Å². The van der Waals surface area contributed by atoms with Crippen molar-refractivity contribution in [1.82, 2.24) is 18.9 Å². The summed E-state index contributed by atoms with van der Waals surface area (Å²) in [6.45, 7) is 4.89. The first-order chi connectivity index (χ1) is 13.1. The van der Waals surface area contributed by atoms with Crippen molar-refractivity contribution in [3.63, 3.8) is 0 Å². The van der Waals surface area contributed by atoms with E-state index in [1.165, 1.54) is 0 Å². The van der Waals surface area contributed by atoms with Crippen LogP contribution >= 0.6 is 0 Å². The maximum atomic E-state index is 13.1. The molecule has 0 N–H and O–H groups in total. The Morgan fingerprint density at radius 1 is 1.19 bits per heavy atom. The van der Waals surface area contributed by atoms with Gasteiger partial charge < -0.3 is 9.14 Å². The molecule has 0 bridgehead atoms. The summed E-state index contributed by atoms with van der Waals surface area (Å²) in [4.78, 5) is 22.7. The number of ether oxygens (including phenoxy) is 1. The lowest BCUT2D eigenvalue weighted by atomic mass is 10.1. The maximum Gasteiger partial charge on any atom is 0.257 e. The first-order valence-electron chi connectivity index (χ1n) is 9.71. The number of aryl methyl sites for hydroxylation is 3. The van der Waals surface area contributed by atoms with Crippen molar-refractivity contribution in [3.05, 3.63) is 57.2 Å². The quantitative estimate of drug-likeness (QED) is 0.716. The molecule has 2 aliphatic rings. The standard InChI is InChI=1S/C21H24N4O2/c1-12-19(21(26)25-8-5-4-6-17(25)22-12)15-11-16(15)20-13(2)24-9-7-14(27-3)10-18(24)23-20/h7,9-10,15-16H,4-6,8,11H2,1-3H3/t15-,16?/m0/s1. The van der Waals surface area contributed by atoms with Crippen LogP contribution in [0.15, 0.2) is 23.1 Å². The van der Waals surface area contributed by atoms with Gasteiger partial charge in [0.15, 0.2) is 0 Å². The minimum atomic E-state index is 0.174. The van der Waals surface area contributed by atoms with Gasteiger partial charge in [0.2, 0.25) is 0 Å². The predicted octanol–water partition coefficient (Wildman–Crippen LogP) is 3.12. The molecule has 1 saturated carbocycles. The van der Waals surface area contributed by atoms with Crippen LogP contribution in [0.25, 0.3) is 5.65 Å². The van der Waals surface area contributed by atoms with Crippen LogP contribution in [-0.2, 0) is 13.0 Å². The van der Waals surface area contributed by atoms with Gasteiger partial charge in [-0.15, -0.1) is 0 Å². The van der Waals surface area contributed by atoms with E-state index in [1.54, 1.807) is 7.11 Å². The van der Waals surface area contributed by atoms with Gasteiger partial charge in [0.1, 0.15) is 17.2 Å². The van der Waals surface area contributed by atoms with E-state index in [9.17, 15) is 4.79 Å². The molecule has 5 rings (SSSR count). The number of hydrogen-bond donors (Lipinski definition) is 0. The third-order valence-corrected chi connectivity index (χ3v) is 6.13. The summed E-state index contributed by atoms with van der Waals surface area (Å²) in [5.41, 5.74) is 5.11. The summed E-state index contributed by atoms with van der Waals surface area (Å²) in [6.07, 6.45) is 6.08. The molecule has 0 aromatic carbocycles. The van der Waals surface area contributed by atoms with E-state index in [2.05, 4.69) is 11.3 Å². The summed E-state index contributed by atoms with van der Waals surface area (Å²) in [5.74, 6) is 2.29. The van der Waals surface area contributed by atoms with Crippen LogP contribution in [0.1, 0.15) is 59.6 Å². The number of rotatable bonds is 3. The number of imidazole rings is 1. The molecular formula is C21H24N4O2. The van der Waals surface area contributed by atoms with Gasteiger partial charge in [0, 0.05) is 54.0 Å². The summed E-state index contributed by atoms with van der Waals surface area (Å²) >= 11 is 0. The van der Waals surface area contributed by atoms with E-state index < -0.39 is 0 Å². The highest BCUT2D eigenvalue weighted by atomic mass is 16.5. The lowest BCUT2D eigenvalue weighted by molar-refractivity contribution is 0.414. The molecule has 2 atom stereocenters. The molecule has 3 aromatic rings. The van der Waals surface area contributed by atoms with Crippen molar-refractivity contribution >= 4 is 5.65 Å². The van der Waals surface area contributed by atoms with Crippen molar-refractivity contribution in [2.75, 3.05) is 7.11 Å². The molecular weight excluding hydrogens is 340 g/mol. The second kappa shape index (κ2) is 5.94. The zero-order chi connectivity index (χ0) is 18.7. The van der Waals surface area contributed by atoms with Crippen LogP contribution in [0.2, 0.25) is 0 Å². The highest BCUT2D eigenvalue weighted by Crippen LogP contribution is 2.54. The van der Waals surface area contributed by atoms with Crippen LogP contribution in [0.3, 0.4) is 0 Å². The fourth-order valence-corrected chi connectivity index (χ4v) is 4.59.